The fourth-order valence-electron chi connectivity index (χ4n) is 4.32. The predicted molar refractivity (Wildman–Crippen MR) is 112 cm³/mol. The molecule has 0 saturated heterocycles. The molecule has 4 heteroatoms. The molecule has 0 aromatic rings. The van der Waals surface area contributed by atoms with Crippen molar-refractivity contribution in [2.75, 3.05) is 5.75 Å². The molecule has 26 heavy (non-hydrogen) atoms. The summed E-state index contributed by atoms with van der Waals surface area (Å²) in [4.78, 5) is 0. The van der Waals surface area contributed by atoms with E-state index in [1.54, 1.807) is 0 Å². The maximum Gasteiger partial charge on any atom is 0.264 e. The van der Waals surface area contributed by atoms with Crippen molar-refractivity contribution in [1.29, 1.82) is 0 Å². The third-order valence-corrected chi connectivity index (χ3v) is 6.78. The van der Waals surface area contributed by atoms with Crippen molar-refractivity contribution in [2.45, 2.75) is 116 Å². The van der Waals surface area contributed by atoms with Gasteiger partial charge >= 0.3 is 0 Å². The molecule has 0 amide bonds. The van der Waals surface area contributed by atoms with Gasteiger partial charge < -0.3 is 0 Å². The molecule has 0 aromatic carbocycles. The molecule has 0 saturated carbocycles. The SMILES string of the molecule is CCCCCCCCCCCCCC1(CCCS(=O)(=O)O)CC=CCC1. The second-order valence-corrected chi connectivity index (χ2v) is 9.96. The van der Waals surface area contributed by atoms with Gasteiger partial charge in [-0.05, 0) is 43.9 Å². The highest BCUT2D eigenvalue weighted by Crippen LogP contribution is 2.42. The summed E-state index contributed by atoms with van der Waals surface area (Å²) >= 11 is 0. The van der Waals surface area contributed by atoms with Gasteiger partial charge in [-0.2, -0.15) is 8.42 Å². The fourth-order valence-corrected chi connectivity index (χ4v) is 4.82. The van der Waals surface area contributed by atoms with Crippen LogP contribution in [0.3, 0.4) is 0 Å². The number of hydrogen-bond acceptors (Lipinski definition) is 2. The summed E-state index contributed by atoms with van der Waals surface area (Å²) in [6.45, 7) is 2.27. The van der Waals surface area contributed by atoms with E-state index in [4.69, 9.17) is 4.55 Å². The zero-order valence-corrected chi connectivity index (χ0v) is 17.9. The maximum atomic E-state index is 11.0. The van der Waals surface area contributed by atoms with Crippen molar-refractivity contribution in [1.82, 2.24) is 0 Å². The Morgan fingerprint density at radius 2 is 1.35 bits per heavy atom. The predicted octanol–water partition coefficient (Wildman–Crippen LogP) is 7.08. The molecular weight excluding hydrogens is 344 g/mol. The van der Waals surface area contributed by atoms with Crippen LogP contribution in [0.5, 0.6) is 0 Å². The first-order chi connectivity index (χ1) is 12.5. The van der Waals surface area contributed by atoms with Crippen molar-refractivity contribution >= 4 is 10.1 Å². The molecule has 0 bridgehead atoms. The average Bonchev–Trinajstić information content (AvgIpc) is 2.59. The third-order valence-electron chi connectivity index (χ3n) is 5.98. The highest BCUT2D eigenvalue weighted by atomic mass is 32.2. The molecule has 1 N–H and O–H groups in total. The lowest BCUT2D eigenvalue weighted by Crippen LogP contribution is -2.23. The van der Waals surface area contributed by atoms with Gasteiger partial charge in [-0.25, -0.2) is 0 Å². The molecule has 1 rings (SSSR count). The van der Waals surface area contributed by atoms with Crippen LogP contribution in [0, 0.1) is 5.41 Å². The highest BCUT2D eigenvalue weighted by Gasteiger charge is 2.29. The van der Waals surface area contributed by atoms with Gasteiger partial charge in [0.15, 0.2) is 0 Å². The summed E-state index contributed by atoms with van der Waals surface area (Å²) < 4.78 is 30.9. The van der Waals surface area contributed by atoms with Gasteiger partial charge in [0.25, 0.3) is 10.1 Å². The van der Waals surface area contributed by atoms with Crippen LogP contribution in [0.4, 0.5) is 0 Å². The standard InChI is InChI=1S/C22H42O3S/c1-2-3-4-5-6-7-8-9-10-11-13-17-22(18-14-12-15-19-22)20-16-21-26(23,24)25/h12,14H,2-11,13,15-21H2,1H3,(H,23,24,25). The van der Waals surface area contributed by atoms with E-state index in [1.807, 2.05) is 0 Å². The fraction of sp³-hybridized carbons (Fsp3) is 0.909. The van der Waals surface area contributed by atoms with Crippen LogP contribution in [0.25, 0.3) is 0 Å². The van der Waals surface area contributed by atoms with Gasteiger partial charge in [0.1, 0.15) is 0 Å². The van der Waals surface area contributed by atoms with E-state index in [9.17, 15) is 8.42 Å². The van der Waals surface area contributed by atoms with Crippen LogP contribution in [-0.2, 0) is 10.1 Å². The second-order valence-electron chi connectivity index (χ2n) is 8.39. The second kappa shape index (κ2) is 13.8. The molecule has 0 radical (unpaired) electrons. The van der Waals surface area contributed by atoms with Gasteiger partial charge in [0.05, 0.1) is 5.75 Å². The largest absolute Gasteiger partial charge is 0.286 e. The van der Waals surface area contributed by atoms with E-state index in [0.717, 1.165) is 19.3 Å². The van der Waals surface area contributed by atoms with E-state index < -0.39 is 10.1 Å². The molecule has 1 aliphatic carbocycles. The van der Waals surface area contributed by atoms with E-state index >= 15 is 0 Å². The third kappa shape index (κ3) is 12.1. The highest BCUT2D eigenvalue weighted by molar-refractivity contribution is 7.85. The number of unbranched alkanes of at least 4 members (excludes halogenated alkanes) is 10. The molecule has 0 aliphatic heterocycles. The van der Waals surface area contributed by atoms with Crippen LogP contribution < -0.4 is 0 Å². The molecule has 1 atom stereocenters. The van der Waals surface area contributed by atoms with E-state index in [-0.39, 0.29) is 11.2 Å². The summed E-state index contributed by atoms with van der Waals surface area (Å²) in [5.41, 5.74) is 0.277. The van der Waals surface area contributed by atoms with Gasteiger partial charge in [0, 0.05) is 0 Å². The minimum absolute atomic E-state index is 0.0866. The lowest BCUT2D eigenvalue weighted by Gasteiger charge is -2.35. The van der Waals surface area contributed by atoms with Gasteiger partial charge in [0.2, 0.25) is 0 Å². The minimum atomic E-state index is -3.82. The van der Waals surface area contributed by atoms with Crippen molar-refractivity contribution in [3.05, 3.63) is 12.2 Å². The zero-order valence-electron chi connectivity index (χ0n) is 17.1. The smallest absolute Gasteiger partial charge is 0.264 e. The molecule has 3 nitrogen and oxygen atoms in total. The van der Waals surface area contributed by atoms with Gasteiger partial charge in [-0.1, -0.05) is 89.7 Å². The number of allylic oxidation sites excluding steroid dienone is 2. The first-order valence-electron chi connectivity index (χ1n) is 11.1. The summed E-state index contributed by atoms with van der Waals surface area (Å²) in [6.07, 6.45) is 25.6. The maximum absolute atomic E-state index is 11.0. The molecular formula is C22H42O3S. The summed E-state index contributed by atoms with van der Waals surface area (Å²) in [7, 11) is -3.82. The van der Waals surface area contributed by atoms with E-state index in [0.29, 0.717) is 6.42 Å². The average molecular weight is 387 g/mol. The Hall–Kier alpha value is -0.350. The van der Waals surface area contributed by atoms with Crippen LogP contribution in [0.15, 0.2) is 12.2 Å². The molecule has 1 unspecified atom stereocenters. The first-order valence-corrected chi connectivity index (χ1v) is 12.7. The summed E-state index contributed by atoms with van der Waals surface area (Å²) in [5, 5.41) is 0. The number of rotatable bonds is 16. The Morgan fingerprint density at radius 1 is 0.808 bits per heavy atom. The number of hydrogen-bond donors (Lipinski definition) is 1. The Bertz CT molecular complexity index is 470. The quantitative estimate of drug-likeness (QED) is 0.175. The molecule has 0 heterocycles. The van der Waals surface area contributed by atoms with Crippen LogP contribution in [0.1, 0.15) is 116 Å². The topological polar surface area (TPSA) is 54.4 Å². The Labute approximate surface area is 162 Å². The van der Waals surface area contributed by atoms with Crippen molar-refractivity contribution in [3.63, 3.8) is 0 Å². The van der Waals surface area contributed by atoms with E-state index in [2.05, 4.69) is 19.1 Å². The van der Waals surface area contributed by atoms with Gasteiger partial charge in [-0.3, -0.25) is 4.55 Å². The van der Waals surface area contributed by atoms with E-state index in [1.165, 1.54) is 83.5 Å². The molecule has 0 aromatic heterocycles. The normalized spacial score (nSPS) is 20.5. The molecule has 0 fully saturated rings. The van der Waals surface area contributed by atoms with Crippen LogP contribution >= 0.6 is 0 Å². The molecule has 0 spiro atoms. The molecule has 1 aliphatic rings. The zero-order chi connectivity index (χ0) is 19.1. The Kier molecular flexibility index (Phi) is 12.5. The minimum Gasteiger partial charge on any atom is -0.286 e. The summed E-state index contributed by atoms with van der Waals surface area (Å²) in [6, 6.07) is 0. The lowest BCUT2D eigenvalue weighted by molar-refractivity contribution is 0.204. The van der Waals surface area contributed by atoms with Crippen molar-refractivity contribution in [3.8, 4) is 0 Å². The Morgan fingerprint density at radius 3 is 1.85 bits per heavy atom. The Balaban J connectivity index is 2.11. The van der Waals surface area contributed by atoms with Crippen molar-refractivity contribution in [2.24, 2.45) is 5.41 Å². The first kappa shape index (κ1) is 23.7. The van der Waals surface area contributed by atoms with Crippen LogP contribution in [0.2, 0.25) is 0 Å². The van der Waals surface area contributed by atoms with Gasteiger partial charge in [-0.15, -0.1) is 0 Å². The summed E-state index contributed by atoms with van der Waals surface area (Å²) in [5.74, 6) is -0.0866. The molecule has 154 valence electrons. The monoisotopic (exact) mass is 386 g/mol. The van der Waals surface area contributed by atoms with Crippen LogP contribution in [-0.4, -0.2) is 18.7 Å². The van der Waals surface area contributed by atoms with Crippen molar-refractivity contribution < 1.29 is 13.0 Å². The lowest BCUT2D eigenvalue weighted by atomic mass is 9.70.